The lowest BCUT2D eigenvalue weighted by molar-refractivity contribution is -0.129. The molecule has 0 radical (unpaired) electrons. The molecule has 0 fully saturated rings. The van der Waals surface area contributed by atoms with Gasteiger partial charge in [-0.3, -0.25) is 19.4 Å². The molecule has 1 unspecified atom stereocenters. The minimum atomic E-state index is -1.36. The molecule has 0 spiro atoms. The van der Waals surface area contributed by atoms with Gasteiger partial charge in [-0.2, -0.15) is 11.8 Å². The summed E-state index contributed by atoms with van der Waals surface area (Å²) in [5.41, 5.74) is 2.24. The van der Waals surface area contributed by atoms with Crippen molar-refractivity contribution in [3.8, 4) is 0 Å². The molecular weight excluding hydrogens is 590 g/mol. The lowest BCUT2D eigenvalue weighted by atomic mass is 9.95. The lowest BCUT2D eigenvalue weighted by Crippen LogP contribution is -2.61. The maximum Gasteiger partial charge on any atom is 0.253 e. The maximum absolute atomic E-state index is 13.8. The summed E-state index contributed by atoms with van der Waals surface area (Å²) in [5.74, 6) is -0.190. The summed E-state index contributed by atoms with van der Waals surface area (Å²) in [4.78, 5) is 44.2. The molecule has 1 heterocycles. The van der Waals surface area contributed by atoms with Crippen molar-refractivity contribution in [1.29, 1.82) is 0 Å². The predicted molar refractivity (Wildman–Crippen MR) is 178 cm³/mol. The molecular formula is C34H45N5O5S. The van der Waals surface area contributed by atoms with Crippen LogP contribution in [0.15, 0.2) is 85.2 Å². The highest BCUT2D eigenvalue weighted by molar-refractivity contribution is 7.99. The molecule has 242 valence electrons. The van der Waals surface area contributed by atoms with Crippen LogP contribution >= 0.6 is 11.8 Å². The van der Waals surface area contributed by atoms with Crippen LogP contribution in [0, 0.1) is 0 Å². The molecule has 45 heavy (non-hydrogen) atoms. The molecule has 2 aromatic carbocycles. The van der Waals surface area contributed by atoms with Crippen molar-refractivity contribution < 1.29 is 24.6 Å². The second-order valence-electron chi connectivity index (χ2n) is 10.7. The second kappa shape index (κ2) is 20.3. The van der Waals surface area contributed by atoms with Crippen molar-refractivity contribution in [1.82, 2.24) is 26.3 Å². The smallest absolute Gasteiger partial charge is 0.253 e. The highest BCUT2D eigenvalue weighted by atomic mass is 32.2. The van der Waals surface area contributed by atoms with E-state index in [0.717, 1.165) is 29.7 Å². The van der Waals surface area contributed by atoms with Gasteiger partial charge in [-0.1, -0.05) is 74.0 Å². The standard InChI is InChI=1S/C34H45N5O5S/c1-2-3-21-45-24-29(39-32(42)27-15-10-17-35-23-27)33(43)38-28(22-26-13-8-5-9-14-26)31(41)30(36-19-20-40)34(44)37-18-16-25-11-6-4-7-12-25/h4-15,17,23,28-31,36,40-41H,2-3,16,18-22,24H2,1H3,(H,37,44)(H,38,43)(H,39,42)/t28-,29?,30+,31+/m0/s1. The van der Waals surface area contributed by atoms with E-state index in [9.17, 15) is 24.6 Å². The first-order chi connectivity index (χ1) is 21.9. The van der Waals surface area contributed by atoms with Gasteiger partial charge in [-0.25, -0.2) is 0 Å². The first kappa shape index (κ1) is 35.7. The number of carbonyl (C=O) groups is 3. The quantitative estimate of drug-likeness (QED) is 0.103. The Morgan fingerprint density at radius 1 is 0.889 bits per heavy atom. The topological polar surface area (TPSA) is 153 Å². The fourth-order valence-corrected chi connectivity index (χ4v) is 5.81. The maximum atomic E-state index is 13.8. The van der Waals surface area contributed by atoms with Gasteiger partial charge in [0.2, 0.25) is 11.8 Å². The van der Waals surface area contributed by atoms with E-state index < -0.39 is 42.0 Å². The number of nitrogens with zero attached hydrogens (tertiary/aromatic N) is 1. The molecule has 6 N–H and O–H groups in total. The van der Waals surface area contributed by atoms with Crippen LogP contribution in [0.5, 0.6) is 0 Å². The largest absolute Gasteiger partial charge is 0.395 e. The zero-order chi connectivity index (χ0) is 32.3. The molecule has 11 heteroatoms. The number of unbranched alkanes of at least 4 members (excludes halogenated alkanes) is 1. The zero-order valence-corrected chi connectivity index (χ0v) is 26.5. The average molecular weight is 636 g/mol. The van der Waals surface area contributed by atoms with Crippen LogP contribution in [0.1, 0.15) is 41.3 Å². The van der Waals surface area contributed by atoms with Gasteiger partial charge < -0.3 is 31.5 Å². The van der Waals surface area contributed by atoms with Gasteiger partial charge in [0.15, 0.2) is 0 Å². The Morgan fingerprint density at radius 3 is 2.24 bits per heavy atom. The molecule has 3 amide bonds. The summed E-state index contributed by atoms with van der Waals surface area (Å²) in [7, 11) is 0. The molecule has 0 saturated carbocycles. The van der Waals surface area contributed by atoms with Gasteiger partial charge in [-0.15, -0.1) is 0 Å². The number of amides is 3. The van der Waals surface area contributed by atoms with Crippen molar-refractivity contribution >= 4 is 29.5 Å². The molecule has 0 aliphatic heterocycles. The third kappa shape index (κ3) is 12.6. The molecule has 0 saturated heterocycles. The Morgan fingerprint density at radius 2 is 1.60 bits per heavy atom. The minimum Gasteiger partial charge on any atom is -0.395 e. The van der Waals surface area contributed by atoms with Crippen molar-refractivity contribution in [2.24, 2.45) is 0 Å². The van der Waals surface area contributed by atoms with Gasteiger partial charge in [0.1, 0.15) is 12.1 Å². The zero-order valence-electron chi connectivity index (χ0n) is 25.7. The number of hydrogen-bond acceptors (Lipinski definition) is 8. The third-order valence-electron chi connectivity index (χ3n) is 7.17. The summed E-state index contributed by atoms with van der Waals surface area (Å²) in [6, 6.07) is 19.4. The van der Waals surface area contributed by atoms with Crippen LogP contribution in [0.3, 0.4) is 0 Å². The number of aliphatic hydroxyl groups is 2. The summed E-state index contributed by atoms with van der Waals surface area (Å²) in [6.45, 7) is 2.26. The summed E-state index contributed by atoms with van der Waals surface area (Å²) >= 11 is 1.56. The molecule has 0 bridgehead atoms. The minimum absolute atomic E-state index is 0.0672. The van der Waals surface area contributed by atoms with Crippen LogP contribution < -0.4 is 21.3 Å². The van der Waals surface area contributed by atoms with E-state index in [-0.39, 0.29) is 19.6 Å². The van der Waals surface area contributed by atoms with Gasteiger partial charge >= 0.3 is 0 Å². The summed E-state index contributed by atoms with van der Waals surface area (Å²) in [5, 5.41) is 32.8. The number of carbonyl (C=O) groups excluding carboxylic acids is 3. The van der Waals surface area contributed by atoms with Crippen LogP contribution in [-0.4, -0.2) is 88.4 Å². The molecule has 3 aromatic rings. The number of benzene rings is 2. The Labute approximate surface area is 269 Å². The summed E-state index contributed by atoms with van der Waals surface area (Å²) in [6.07, 6.45) is 4.46. The van der Waals surface area contributed by atoms with Gasteiger partial charge in [-0.05, 0) is 48.3 Å². The Balaban J connectivity index is 1.79. The van der Waals surface area contributed by atoms with E-state index in [1.165, 1.54) is 6.20 Å². The van der Waals surface area contributed by atoms with E-state index in [0.29, 0.717) is 24.3 Å². The number of pyridine rings is 1. The first-order valence-corrected chi connectivity index (χ1v) is 16.5. The number of aliphatic hydroxyl groups excluding tert-OH is 2. The van der Waals surface area contributed by atoms with E-state index in [1.807, 2.05) is 60.7 Å². The Bertz CT molecular complexity index is 1290. The van der Waals surface area contributed by atoms with Crippen molar-refractivity contribution in [2.45, 2.75) is 56.8 Å². The Kier molecular flexibility index (Phi) is 16.1. The van der Waals surface area contributed by atoms with Crippen LogP contribution in [0.4, 0.5) is 0 Å². The number of rotatable bonds is 20. The highest BCUT2D eigenvalue weighted by Crippen LogP contribution is 2.13. The number of hydrogen-bond donors (Lipinski definition) is 6. The fraction of sp³-hybridized carbons (Fsp3) is 0.412. The van der Waals surface area contributed by atoms with Crippen LogP contribution in [0.25, 0.3) is 0 Å². The van der Waals surface area contributed by atoms with E-state index in [2.05, 4.69) is 33.2 Å². The van der Waals surface area contributed by atoms with E-state index >= 15 is 0 Å². The van der Waals surface area contributed by atoms with Crippen molar-refractivity contribution in [3.63, 3.8) is 0 Å². The second-order valence-corrected chi connectivity index (χ2v) is 11.8. The highest BCUT2D eigenvalue weighted by Gasteiger charge is 2.35. The number of aromatic nitrogens is 1. The van der Waals surface area contributed by atoms with Gasteiger partial charge in [0.05, 0.1) is 24.3 Å². The Hall–Kier alpha value is -3.77. The molecule has 1 aromatic heterocycles. The predicted octanol–water partition coefficient (Wildman–Crippen LogP) is 2.11. The monoisotopic (exact) mass is 635 g/mol. The van der Waals surface area contributed by atoms with E-state index in [1.54, 1.807) is 30.1 Å². The van der Waals surface area contributed by atoms with Gasteiger partial charge in [0, 0.05) is 31.2 Å². The number of nitrogens with one attached hydrogen (secondary N) is 4. The lowest BCUT2D eigenvalue weighted by Gasteiger charge is -2.32. The van der Waals surface area contributed by atoms with Crippen LogP contribution in [-0.2, 0) is 22.4 Å². The third-order valence-corrected chi connectivity index (χ3v) is 8.31. The molecule has 4 atom stereocenters. The SMILES string of the molecule is CCCCSCC(NC(=O)c1cccnc1)C(=O)N[C@@H](Cc1ccccc1)[C@@H](O)[C@@H](NCCO)C(=O)NCCc1ccccc1. The van der Waals surface area contributed by atoms with Gasteiger partial charge in [0.25, 0.3) is 5.91 Å². The molecule has 10 nitrogen and oxygen atoms in total. The fourth-order valence-electron chi connectivity index (χ4n) is 4.68. The first-order valence-electron chi connectivity index (χ1n) is 15.4. The van der Waals surface area contributed by atoms with Crippen LogP contribution in [0.2, 0.25) is 0 Å². The molecule has 3 rings (SSSR count). The van der Waals surface area contributed by atoms with Crippen molar-refractivity contribution in [2.75, 3.05) is 31.2 Å². The van der Waals surface area contributed by atoms with E-state index in [4.69, 9.17) is 0 Å². The molecule has 0 aliphatic carbocycles. The summed E-state index contributed by atoms with van der Waals surface area (Å²) < 4.78 is 0. The van der Waals surface area contributed by atoms with Crippen molar-refractivity contribution in [3.05, 3.63) is 102 Å². The average Bonchev–Trinajstić information content (AvgIpc) is 3.07. The number of thioether (sulfide) groups is 1. The normalized spacial score (nSPS) is 13.7. The molecule has 0 aliphatic rings.